The highest BCUT2D eigenvalue weighted by Crippen LogP contribution is 2.25. The molecular formula is C23H38N4O4S. The Morgan fingerprint density at radius 3 is 2.03 bits per heavy atom. The number of nitrogens with zero attached hydrogens (tertiary/aromatic N) is 4. The topological polar surface area (TPSA) is 88.4 Å². The van der Waals surface area contributed by atoms with Gasteiger partial charge in [-0.2, -0.15) is 12.6 Å². The summed E-state index contributed by atoms with van der Waals surface area (Å²) in [6.07, 6.45) is 7.51. The Labute approximate surface area is 197 Å². The fourth-order valence-electron chi connectivity index (χ4n) is 2.71. The van der Waals surface area contributed by atoms with Crippen LogP contribution in [0, 0.1) is 5.41 Å². The third-order valence-corrected chi connectivity index (χ3v) is 4.96. The Morgan fingerprint density at radius 2 is 1.59 bits per heavy atom. The van der Waals surface area contributed by atoms with Crippen molar-refractivity contribution in [3.05, 3.63) is 30.6 Å². The number of esters is 1. The molecule has 2 rings (SSSR count). The van der Waals surface area contributed by atoms with Gasteiger partial charge in [-0.15, -0.1) is 5.10 Å². The van der Waals surface area contributed by atoms with E-state index in [0.717, 1.165) is 62.4 Å². The van der Waals surface area contributed by atoms with Crippen LogP contribution in [-0.4, -0.2) is 51.8 Å². The van der Waals surface area contributed by atoms with E-state index < -0.39 is 5.41 Å². The fraction of sp³-hybridized carbons (Fsp3) is 0.652. The van der Waals surface area contributed by atoms with Crippen molar-refractivity contribution >= 4 is 18.6 Å². The van der Waals surface area contributed by atoms with Crippen molar-refractivity contribution in [1.29, 1.82) is 0 Å². The van der Waals surface area contributed by atoms with Gasteiger partial charge in [-0.3, -0.25) is 4.79 Å². The van der Waals surface area contributed by atoms with Gasteiger partial charge < -0.3 is 14.2 Å². The van der Waals surface area contributed by atoms with E-state index in [1.807, 2.05) is 45.0 Å². The third kappa shape index (κ3) is 12.5. The zero-order chi connectivity index (χ0) is 23.7. The second-order valence-corrected chi connectivity index (χ2v) is 8.44. The number of hydrogen-bond acceptors (Lipinski definition) is 8. The van der Waals surface area contributed by atoms with Crippen LogP contribution in [0.2, 0.25) is 0 Å². The van der Waals surface area contributed by atoms with Crippen molar-refractivity contribution in [3.8, 4) is 11.5 Å². The Hall–Kier alpha value is -2.29. The van der Waals surface area contributed by atoms with Crippen LogP contribution >= 0.6 is 12.6 Å². The summed E-state index contributed by atoms with van der Waals surface area (Å²) in [5.41, 5.74) is -0.429. The van der Waals surface area contributed by atoms with Crippen LogP contribution in [0.4, 0.5) is 0 Å². The number of benzene rings is 1. The van der Waals surface area contributed by atoms with Gasteiger partial charge in [0.15, 0.2) is 0 Å². The lowest BCUT2D eigenvalue weighted by Gasteiger charge is -2.21. The standard InChI is InChI=1S/C21H34O4S.C2H4N4/c1-4-23-20(22)21(2,3)14-6-8-16-25-19-12-10-18(11-13-19)24-15-7-5-9-17-26;1-6-2-3-4-5-6/h10-13,26H,4-9,14-17H2,1-3H3;2H,1H3. The molecule has 0 saturated carbocycles. The first kappa shape index (κ1) is 27.7. The molecule has 1 aromatic heterocycles. The predicted octanol–water partition coefficient (Wildman–Crippen LogP) is 4.51. The van der Waals surface area contributed by atoms with Crippen LogP contribution in [0.3, 0.4) is 0 Å². The van der Waals surface area contributed by atoms with Crippen molar-refractivity contribution in [2.24, 2.45) is 12.5 Å². The van der Waals surface area contributed by atoms with Gasteiger partial charge in [-0.25, -0.2) is 4.68 Å². The minimum atomic E-state index is -0.429. The Balaban J connectivity index is 0.000000730. The number of hydrogen-bond donors (Lipinski definition) is 1. The largest absolute Gasteiger partial charge is 0.494 e. The molecule has 1 heterocycles. The molecule has 0 aliphatic rings. The number of ether oxygens (including phenoxy) is 3. The lowest BCUT2D eigenvalue weighted by atomic mass is 9.87. The summed E-state index contributed by atoms with van der Waals surface area (Å²) < 4.78 is 18.1. The van der Waals surface area contributed by atoms with Gasteiger partial charge in [-0.05, 0) is 99.7 Å². The third-order valence-electron chi connectivity index (χ3n) is 4.64. The highest BCUT2D eigenvalue weighted by Gasteiger charge is 2.28. The summed E-state index contributed by atoms with van der Waals surface area (Å²) in [6, 6.07) is 7.76. The maximum Gasteiger partial charge on any atom is 0.311 e. The Kier molecular flexibility index (Phi) is 14.2. The quantitative estimate of drug-likeness (QED) is 0.249. The molecule has 0 atom stereocenters. The molecule has 0 aliphatic carbocycles. The van der Waals surface area contributed by atoms with Crippen LogP contribution < -0.4 is 9.47 Å². The van der Waals surface area contributed by atoms with E-state index in [1.54, 1.807) is 7.05 Å². The van der Waals surface area contributed by atoms with E-state index in [-0.39, 0.29) is 5.97 Å². The molecule has 0 radical (unpaired) electrons. The van der Waals surface area contributed by atoms with Gasteiger partial charge >= 0.3 is 5.97 Å². The monoisotopic (exact) mass is 466 g/mol. The first-order valence-corrected chi connectivity index (χ1v) is 11.8. The summed E-state index contributed by atoms with van der Waals surface area (Å²) in [4.78, 5) is 11.8. The van der Waals surface area contributed by atoms with Crippen LogP contribution in [0.1, 0.15) is 59.3 Å². The van der Waals surface area contributed by atoms with E-state index in [4.69, 9.17) is 14.2 Å². The van der Waals surface area contributed by atoms with Crippen LogP contribution in [-0.2, 0) is 16.6 Å². The number of carbonyl (C=O) groups is 1. The predicted molar refractivity (Wildman–Crippen MR) is 128 cm³/mol. The van der Waals surface area contributed by atoms with Crippen molar-refractivity contribution in [3.63, 3.8) is 0 Å². The molecule has 0 aliphatic heterocycles. The molecule has 32 heavy (non-hydrogen) atoms. The van der Waals surface area contributed by atoms with Gasteiger partial charge in [0, 0.05) is 7.05 Å². The molecule has 1 aromatic carbocycles. The molecule has 0 fully saturated rings. The minimum Gasteiger partial charge on any atom is -0.494 e. The number of unbranched alkanes of at least 4 members (excludes halogenated alkanes) is 3. The maximum absolute atomic E-state index is 11.8. The Bertz CT molecular complexity index is 724. The lowest BCUT2D eigenvalue weighted by molar-refractivity contribution is -0.153. The van der Waals surface area contributed by atoms with Crippen LogP contribution in [0.15, 0.2) is 30.6 Å². The van der Waals surface area contributed by atoms with E-state index in [0.29, 0.717) is 13.2 Å². The fourth-order valence-corrected chi connectivity index (χ4v) is 2.93. The highest BCUT2D eigenvalue weighted by molar-refractivity contribution is 7.80. The van der Waals surface area contributed by atoms with Crippen molar-refractivity contribution in [2.75, 3.05) is 25.6 Å². The average molecular weight is 467 g/mol. The van der Waals surface area contributed by atoms with Crippen molar-refractivity contribution < 1.29 is 19.0 Å². The highest BCUT2D eigenvalue weighted by atomic mass is 32.1. The van der Waals surface area contributed by atoms with Gasteiger partial charge in [-0.1, -0.05) is 0 Å². The zero-order valence-electron chi connectivity index (χ0n) is 19.8. The Morgan fingerprint density at radius 1 is 1.00 bits per heavy atom. The van der Waals surface area contributed by atoms with Crippen molar-refractivity contribution in [2.45, 2.75) is 59.3 Å². The molecule has 0 bridgehead atoms. The molecule has 0 saturated heterocycles. The maximum atomic E-state index is 11.8. The normalized spacial score (nSPS) is 10.8. The summed E-state index contributed by atoms with van der Waals surface area (Å²) in [5, 5.41) is 10.2. The van der Waals surface area contributed by atoms with Gasteiger partial charge in [0.1, 0.15) is 17.8 Å². The van der Waals surface area contributed by atoms with E-state index in [1.165, 1.54) is 11.0 Å². The number of aryl methyl sites for hydroxylation is 1. The van der Waals surface area contributed by atoms with Gasteiger partial charge in [0.05, 0.1) is 25.2 Å². The van der Waals surface area contributed by atoms with E-state index in [2.05, 4.69) is 28.2 Å². The summed E-state index contributed by atoms with van der Waals surface area (Å²) in [5.74, 6) is 2.53. The number of tetrazole rings is 1. The number of thiol groups is 1. The first-order chi connectivity index (χ1) is 15.4. The molecule has 0 spiro atoms. The lowest BCUT2D eigenvalue weighted by Crippen LogP contribution is -2.26. The molecular weight excluding hydrogens is 428 g/mol. The summed E-state index contributed by atoms with van der Waals surface area (Å²) >= 11 is 4.20. The van der Waals surface area contributed by atoms with E-state index in [9.17, 15) is 4.79 Å². The summed E-state index contributed by atoms with van der Waals surface area (Å²) in [6.45, 7) is 7.52. The van der Waals surface area contributed by atoms with Crippen LogP contribution in [0.25, 0.3) is 0 Å². The zero-order valence-corrected chi connectivity index (χ0v) is 20.7. The average Bonchev–Trinajstić information content (AvgIpc) is 3.26. The summed E-state index contributed by atoms with van der Waals surface area (Å²) in [7, 11) is 1.76. The molecule has 0 unspecified atom stereocenters. The molecule has 0 N–H and O–H groups in total. The number of carbonyl (C=O) groups excluding carboxylic acids is 1. The molecule has 2 aromatic rings. The molecule has 0 amide bonds. The second-order valence-electron chi connectivity index (χ2n) is 8.00. The molecule has 8 nitrogen and oxygen atoms in total. The van der Waals surface area contributed by atoms with Gasteiger partial charge in [0.25, 0.3) is 0 Å². The SMILES string of the molecule is CCOC(=O)C(C)(C)CCCCOc1ccc(OCCCCCS)cc1.Cn1cnnn1. The minimum absolute atomic E-state index is 0.123. The molecule has 180 valence electrons. The smallest absolute Gasteiger partial charge is 0.311 e. The molecule has 9 heteroatoms. The van der Waals surface area contributed by atoms with Gasteiger partial charge in [0.2, 0.25) is 0 Å². The second kappa shape index (κ2) is 16.4. The number of rotatable bonds is 14. The number of aromatic nitrogens is 4. The van der Waals surface area contributed by atoms with Crippen LogP contribution in [0.5, 0.6) is 11.5 Å². The van der Waals surface area contributed by atoms with E-state index >= 15 is 0 Å². The van der Waals surface area contributed by atoms with Crippen molar-refractivity contribution in [1.82, 2.24) is 20.2 Å². The first-order valence-electron chi connectivity index (χ1n) is 11.2.